The number of nitro benzene ring substituents is 1. The van der Waals surface area contributed by atoms with Crippen LogP contribution in [-0.4, -0.2) is 32.1 Å². The van der Waals surface area contributed by atoms with Crippen molar-refractivity contribution >= 4 is 33.0 Å². The summed E-state index contributed by atoms with van der Waals surface area (Å²) >= 11 is 5.33. The van der Waals surface area contributed by atoms with Gasteiger partial charge < -0.3 is 4.74 Å². The average Bonchev–Trinajstić information content (AvgIpc) is 2.28. The summed E-state index contributed by atoms with van der Waals surface area (Å²) in [5, 5.41) is 10.8. The van der Waals surface area contributed by atoms with Gasteiger partial charge >= 0.3 is 5.69 Å². The number of nitro groups is 1. The lowest BCUT2D eigenvalue weighted by Crippen LogP contribution is -2.17. The number of methoxy groups -OCH3 is 1. The van der Waals surface area contributed by atoms with Crippen LogP contribution in [0, 0.1) is 10.1 Å². The van der Waals surface area contributed by atoms with Crippen LogP contribution in [0.2, 0.25) is 0 Å². The lowest BCUT2D eigenvalue weighted by molar-refractivity contribution is -0.385. The summed E-state index contributed by atoms with van der Waals surface area (Å²) in [7, 11) is -2.30. The van der Waals surface area contributed by atoms with Crippen LogP contribution in [-0.2, 0) is 10.0 Å². The summed E-state index contributed by atoms with van der Waals surface area (Å²) in [6, 6.07) is 3.78. The van der Waals surface area contributed by atoms with Crippen LogP contribution in [0.3, 0.4) is 0 Å². The lowest BCUT2D eigenvalue weighted by Gasteiger charge is -2.07. The number of hydrogen-bond acceptors (Lipinski definition) is 5. The fourth-order valence-corrected chi connectivity index (χ4v) is 2.63. The number of ether oxygens (including phenoxy) is 1. The van der Waals surface area contributed by atoms with Crippen molar-refractivity contribution in [2.75, 3.05) is 23.5 Å². The summed E-state index contributed by atoms with van der Waals surface area (Å²) in [5.74, 6) is -0.276. The lowest BCUT2D eigenvalue weighted by atomic mass is 10.2. The minimum atomic E-state index is -3.59. The SMILES string of the molecule is COc1ccc(NS(=O)(=O)CCCl)cc1[N+](=O)[O-]. The monoisotopic (exact) mass is 294 g/mol. The van der Waals surface area contributed by atoms with Gasteiger partial charge in [0.1, 0.15) is 0 Å². The van der Waals surface area contributed by atoms with Crippen molar-refractivity contribution in [1.82, 2.24) is 0 Å². The molecule has 0 saturated carbocycles. The number of sulfonamides is 1. The molecular weight excluding hydrogens is 284 g/mol. The van der Waals surface area contributed by atoms with Crippen molar-refractivity contribution in [2.24, 2.45) is 0 Å². The Morgan fingerprint density at radius 2 is 2.17 bits per heavy atom. The Morgan fingerprint density at radius 3 is 2.67 bits per heavy atom. The third-order valence-electron chi connectivity index (χ3n) is 1.99. The van der Waals surface area contributed by atoms with Crippen LogP contribution in [0.15, 0.2) is 18.2 Å². The molecule has 0 aliphatic carbocycles. The molecule has 0 saturated heterocycles. The molecule has 0 heterocycles. The maximum atomic E-state index is 11.4. The third-order valence-corrected chi connectivity index (χ3v) is 3.70. The Hall–Kier alpha value is -1.54. The van der Waals surface area contributed by atoms with E-state index >= 15 is 0 Å². The first kappa shape index (κ1) is 14.5. The first-order valence-corrected chi connectivity index (χ1v) is 6.97. The molecule has 0 spiro atoms. The highest BCUT2D eigenvalue weighted by Gasteiger charge is 2.17. The van der Waals surface area contributed by atoms with Crippen molar-refractivity contribution in [2.45, 2.75) is 0 Å². The molecule has 0 unspecified atom stereocenters. The van der Waals surface area contributed by atoms with E-state index in [2.05, 4.69) is 4.72 Å². The molecule has 9 heteroatoms. The molecule has 0 radical (unpaired) electrons. The Bertz CT molecular complexity index is 546. The van der Waals surface area contributed by atoms with Gasteiger partial charge in [0, 0.05) is 11.9 Å². The largest absolute Gasteiger partial charge is 0.490 e. The van der Waals surface area contributed by atoms with Crippen LogP contribution in [0.5, 0.6) is 5.75 Å². The molecule has 1 N–H and O–H groups in total. The maximum absolute atomic E-state index is 11.4. The first-order chi connectivity index (χ1) is 8.39. The third kappa shape index (κ3) is 3.74. The van der Waals surface area contributed by atoms with E-state index < -0.39 is 14.9 Å². The molecule has 100 valence electrons. The zero-order chi connectivity index (χ0) is 13.8. The first-order valence-electron chi connectivity index (χ1n) is 4.78. The Morgan fingerprint density at radius 1 is 1.50 bits per heavy atom. The smallest absolute Gasteiger partial charge is 0.312 e. The number of alkyl halides is 1. The standard InChI is InChI=1S/C9H11ClN2O5S/c1-17-9-3-2-7(6-8(9)12(13)14)11-18(15,16)5-4-10/h2-3,6,11H,4-5H2,1H3. The quantitative estimate of drug-likeness (QED) is 0.488. The molecule has 0 amide bonds. The van der Waals surface area contributed by atoms with Gasteiger partial charge in [0.25, 0.3) is 0 Å². The van der Waals surface area contributed by atoms with Crippen molar-refractivity contribution in [3.8, 4) is 5.75 Å². The number of halogens is 1. The summed E-state index contributed by atoms with van der Waals surface area (Å²) in [4.78, 5) is 10.1. The second kappa shape index (κ2) is 5.87. The topological polar surface area (TPSA) is 98.5 Å². The van der Waals surface area contributed by atoms with Crippen LogP contribution >= 0.6 is 11.6 Å². The molecule has 0 aliphatic rings. The fraction of sp³-hybridized carbons (Fsp3) is 0.333. The Kier molecular flexibility index (Phi) is 4.74. The van der Waals surface area contributed by atoms with Gasteiger partial charge in [-0.1, -0.05) is 0 Å². The summed E-state index contributed by atoms with van der Waals surface area (Å²) in [6.07, 6.45) is 0. The number of hydrogen-bond donors (Lipinski definition) is 1. The molecule has 1 rings (SSSR count). The minimum absolute atomic E-state index is 0.0558. The highest BCUT2D eigenvalue weighted by molar-refractivity contribution is 7.92. The normalized spacial score (nSPS) is 11.0. The molecule has 0 aromatic heterocycles. The molecule has 18 heavy (non-hydrogen) atoms. The fourth-order valence-electron chi connectivity index (χ4n) is 1.23. The highest BCUT2D eigenvalue weighted by atomic mass is 35.5. The van der Waals surface area contributed by atoms with Gasteiger partial charge in [-0.15, -0.1) is 11.6 Å². The summed E-state index contributed by atoms with van der Waals surface area (Å²) in [5.41, 5.74) is -0.226. The average molecular weight is 295 g/mol. The van der Waals surface area contributed by atoms with E-state index in [0.717, 1.165) is 6.07 Å². The van der Waals surface area contributed by atoms with Gasteiger partial charge in [-0.25, -0.2) is 8.42 Å². The van der Waals surface area contributed by atoms with E-state index in [9.17, 15) is 18.5 Å². The van der Waals surface area contributed by atoms with E-state index in [1.165, 1.54) is 19.2 Å². The molecule has 0 aliphatic heterocycles. The maximum Gasteiger partial charge on any atom is 0.312 e. The predicted molar refractivity (Wildman–Crippen MR) is 67.8 cm³/mol. The van der Waals surface area contributed by atoms with Gasteiger partial charge in [0.05, 0.1) is 23.5 Å². The predicted octanol–water partition coefficient (Wildman–Crippen LogP) is 1.58. The summed E-state index contributed by atoms with van der Waals surface area (Å²) in [6.45, 7) is 0. The second-order valence-electron chi connectivity index (χ2n) is 3.25. The van der Waals surface area contributed by atoms with Crippen molar-refractivity contribution in [1.29, 1.82) is 0 Å². The van der Waals surface area contributed by atoms with E-state index in [1.807, 2.05) is 0 Å². The number of nitrogens with one attached hydrogen (secondary N) is 1. The Balaban J connectivity index is 3.06. The number of nitrogens with zero attached hydrogens (tertiary/aromatic N) is 1. The molecule has 0 atom stereocenters. The molecule has 7 nitrogen and oxygen atoms in total. The van der Waals surface area contributed by atoms with Crippen LogP contribution < -0.4 is 9.46 Å². The van der Waals surface area contributed by atoms with Crippen molar-refractivity contribution in [3.63, 3.8) is 0 Å². The number of anilines is 1. The molecule has 1 aromatic carbocycles. The van der Waals surface area contributed by atoms with Gasteiger partial charge in [0.15, 0.2) is 5.75 Å². The van der Waals surface area contributed by atoms with Crippen LogP contribution in [0.4, 0.5) is 11.4 Å². The van der Waals surface area contributed by atoms with Crippen LogP contribution in [0.25, 0.3) is 0 Å². The van der Waals surface area contributed by atoms with E-state index in [1.54, 1.807) is 0 Å². The van der Waals surface area contributed by atoms with E-state index in [4.69, 9.17) is 16.3 Å². The van der Waals surface area contributed by atoms with Gasteiger partial charge in [-0.05, 0) is 12.1 Å². The van der Waals surface area contributed by atoms with E-state index in [-0.39, 0.29) is 28.8 Å². The molecule has 1 aromatic rings. The van der Waals surface area contributed by atoms with Crippen molar-refractivity contribution < 1.29 is 18.1 Å². The van der Waals surface area contributed by atoms with Gasteiger partial charge in [-0.3, -0.25) is 14.8 Å². The Labute approximate surface area is 109 Å². The minimum Gasteiger partial charge on any atom is -0.490 e. The van der Waals surface area contributed by atoms with E-state index in [0.29, 0.717) is 0 Å². The number of benzene rings is 1. The zero-order valence-electron chi connectivity index (χ0n) is 9.42. The second-order valence-corrected chi connectivity index (χ2v) is 5.47. The van der Waals surface area contributed by atoms with Crippen molar-refractivity contribution in [3.05, 3.63) is 28.3 Å². The molecule has 0 bridgehead atoms. The zero-order valence-corrected chi connectivity index (χ0v) is 11.0. The highest BCUT2D eigenvalue weighted by Crippen LogP contribution is 2.29. The molecular formula is C9H11ClN2O5S. The van der Waals surface area contributed by atoms with Gasteiger partial charge in [0.2, 0.25) is 10.0 Å². The summed E-state index contributed by atoms with van der Waals surface area (Å²) < 4.78 is 29.9. The number of rotatable bonds is 6. The van der Waals surface area contributed by atoms with Crippen LogP contribution in [0.1, 0.15) is 0 Å². The molecule has 0 fully saturated rings. The van der Waals surface area contributed by atoms with Gasteiger partial charge in [-0.2, -0.15) is 0 Å².